The first-order valence-electron chi connectivity index (χ1n) is 8.97. The Bertz CT molecular complexity index is 821. The van der Waals surface area contributed by atoms with Crippen LogP contribution in [-0.4, -0.2) is 52.1 Å². The lowest BCUT2D eigenvalue weighted by molar-refractivity contribution is -0.137. The monoisotopic (exact) mass is 410 g/mol. The highest BCUT2D eigenvalue weighted by Gasteiger charge is 2.30. The minimum Gasteiger partial charge on any atom is -0.493 e. The van der Waals surface area contributed by atoms with Crippen molar-refractivity contribution in [2.45, 2.75) is 12.2 Å². The molecule has 0 amide bonds. The molecule has 0 fully saturated rings. The molecule has 2 aromatic carbocycles. The van der Waals surface area contributed by atoms with Gasteiger partial charge in [-0.2, -0.15) is 13.2 Å². The summed E-state index contributed by atoms with van der Waals surface area (Å²) in [6.45, 7) is 0.484. The molecule has 1 unspecified atom stereocenters. The first-order chi connectivity index (χ1) is 13.7. The summed E-state index contributed by atoms with van der Waals surface area (Å²) in [7, 11) is 6.68. The Morgan fingerprint density at radius 3 is 2.17 bits per heavy atom. The number of hydrogen-bond donors (Lipinski definition) is 1. The van der Waals surface area contributed by atoms with Gasteiger partial charge in [0.2, 0.25) is 0 Å². The van der Waals surface area contributed by atoms with Crippen molar-refractivity contribution in [2.75, 3.05) is 41.4 Å². The Morgan fingerprint density at radius 1 is 1.03 bits per heavy atom. The van der Waals surface area contributed by atoms with Gasteiger partial charge in [-0.3, -0.25) is 4.79 Å². The zero-order valence-electron chi connectivity index (χ0n) is 16.8. The molecule has 1 N–H and O–H groups in total. The van der Waals surface area contributed by atoms with Crippen LogP contribution in [0.2, 0.25) is 0 Å². The average molecular weight is 410 g/mol. The van der Waals surface area contributed by atoms with Gasteiger partial charge in [0, 0.05) is 18.2 Å². The van der Waals surface area contributed by atoms with Crippen molar-refractivity contribution < 1.29 is 27.4 Å². The van der Waals surface area contributed by atoms with Gasteiger partial charge in [0.15, 0.2) is 17.3 Å². The van der Waals surface area contributed by atoms with Gasteiger partial charge in [-0.15, -0.1) is 0 Å². The average Bonchev–Trinajstić information content (AvgIpc) is 2.69. The fraction of sp³-hybridized carbons (Fsp3) is 0.381. The number of carbonyl (C=O) groups is 1. The summed E-state index contributed by atoms with van der Waals surface area (Å²) in [6, 6.07) is 9.82. The van der Waals surface area contributed by atoms with Gasteiger partial charge in [0.05, 0.1) is 26.3 Å². The largest absolute Gasteiger partial charge is 0.493 e. The molecule has 0 bridgehead atoms. The van der Waals surface area contributed by atoms with Crippen molar-refractivity contribution in [3.8, 4) is 11.5 Å². The van der Waals surface area contributed by atoms with Crippen molar-refractivity contribution in [2.24, 2.45) is 0 Å². The number of ketones is 1. The molecule has 1 atom stereocenters. The van der Waals surface area contributed by atoms with E-state index < -0.39 is 11.7 Å². The van der Waals surface area contributed by atoms with E-state index in [9.17, 15) is 18.0 Å². The van der Waals surface area contributed by atoms with Crippen LogP contribution < -0.4 is 14.8 Å². The van der Waals surface area contributed by atoms with Crippen LogP contribution in [0.1, 0.15) is 27.5 Å². The fourth-order valence-corrected chi connectivity index (χ4v) is 2.93. The predicted octanol–water partition coefficient (Wildman–Crippen LogP) is 3.80. The molecule has 29 heavy (non-hydrogen) atoms. The molecule has 0 spiro atoms. The zero-order valence-corrected chi connectivity index (χ0v) is 16.8. The molecule has 0 aromatic heterocycles. The molecule has 0 saturated carbocycles. The van der Waals surface area contributed by atoms with Crippen LogP contribution in [0, 0.1) is 0 Å². The molecule has 2 rings (SSSR count). The van der Waals surface area contributed by atoms with E-state index in [2.05, 4.69) is 5.32 Å². The summed E-state index contributed by atoms with van der Waals surface area (Å²) in [6.07, 6.45) is -4.36. The Morgan fingerprint density at radius 2 is 1.66 bits per heavy atom. The summed E-state index contributed by atoms with van der Waals surface area (Å²) in [4.78, 5) is 14.3. The number of benzene rings is 2. The smallest absolute Gasteiger partial charge is 0.416 e. The maximum Gasteiger partial charge on any atom is 0.416 e. The first-order valence-corrected chi connectivity index (χ1v) is 8.97. The van der Waals surface area contributed by atoms with E-state index >= 15 is 0 Å². The third kappa shape index (κ3) is 5.95. The lowest BCUT2D eigenvalue weighted by atomic mass is 10.0. The molecule has 0 aliphatic carbocycles. The molecule has 0 aliphatic heterocycles. The Balaban J connectivity index is 2.01. The molecule has 5 nitrogen and oxygen atoms in total. The van der Waals surface area contributed by atoms with Crippen molar-refractivity contribution in [1.82, 2.24) is 10.2 Å². The normalized spacial score (nSPS) is 12.7. The molecule has 158 valence electrons. The van der Waals surface area contributed by atoms with Crippen LogP contribution in [0.4, 0.5) is 13.2 Å². The van der Waals surface area contributed by atoms with Gasteiger partial charge in [-0.25, -0.2) is 0 Å². The molecule has 8 heteroatoms. The molecule has 0 radical (unpaired) electrons. The highest BCUT2D eigenvalue weighted by atomic mass is 19.4. The molecule has 0 heterocycles. The van der Waals surface area contributed by atoms with Crippen LogP contribution in [0.3, 0.4) is 0 Å². The SMILES string of the molecule is COc1ccc(C(=O)CNCC(c2ccc(C(F)(F)F)cc2)N(C)C)cc1OC. The zero-order chi connectivity index (χ0) is 21.6. The van der Waals surface area contributed by atoms with Crippen molar-refractivity contribution in [3.63, 3.8) is 0 Å². The van der Waals surface area contributed by atoms with Crippen LogP contribution in [0.5, 0.6) is 11.5 Å². The number of rotatable bonds is 9. The number of nitrogens with one attached hydrogen (secondary N) is 1. The second-order valence-electron chi connectivity index (χ2n) is 6.72. The third-order valence-corrected chi connectivity index (χ3v) is 4.57. The van der Waals surface area contributed by atoms with Gasteiger partial charge in [0.1, 0.15) is 0 Å². The van der Waals surface area contributed by atoms with Gasteiger partial charge >= 0.3 is 6.18 Å². The van der Waals surface area contributed by atoms with Crippen molar-refractivity contribution >= 4 is 5.78 Å². The second-order valence-corrected chi connectivity index (χ2v) is 6.72. The highest BCUT2D eigenvalue weighted by Crippen LogP contribution is 2.30. The quantitative estimate of drug-likeness (QED) is 0.638. The van der Waals surface area contributed by atoms with Gasteiger partial charge in [-0.1, -0.05) is 12.1 Å². The van der Waals surface area contributed by atoms with Crippen LogP contribution in [-0.2, 0) is 6.18 Å². The minimum absolute atomic E-state index is 0.0838. The number of ether oxygens (including phenoxy) is 2. The Labute approximate surface area is 168 Å². The van der Waals surface area contributed by atoms with E-state index in [1.807, 2.05) is 19.0 Å². The van der Waals surface area contributed by atoms with Crippen LogP contribution in [0.15, 0.2) is 42.5 Å². The molecule has 2 aromatic rings. The van der Waals surface area contributed by atoms with Crippen molar-refractivity contribution in [1.29, 1.82) is 0 Å². The van der Waals surface area contributed by atoms with Gasteiger partial charge in [-0.05, 0) is 50.0 Å². The summed E-state index contributed by atoms with van der Waals surface area (Å²) >= 11 is 0. The van der Waals surface area contributed by atoms with E-state index in [0.717, 1.165) is 17.7 Å². The number of Topliss-reactive ketones (excluding diaryl/α,β-unsaturated/α-hetero) is 1. The number of alkyl halides is 3. The second kappa shape index (κ2) is 9.76. The number of methoxy groups -OCH3 is 2. The van der Waals surface area contributed by atoms with Crippen LogP contribution >= 0.6 is 0 Å². The van der Waals surface area contributed by atoms with Crippen molar-refractivity contribution in [3.05, 3.63) is 59.2 Å². The molecule has 0 saturated heterocycles. The number of carbonyl (C=O) groups excluding carboxylic acids is 1. The molecular formula is C21H25F3N2O3. The van der Waals surface area contributed by atoms with E-state index in [4.69, 9.17) is 9.47 Å². The minimum atomic E-state index is -4.36. The van der Waals surface area contributed by atoms with Crippen LogP contribution in [0.25, 0.3) is 0 Å². The maximum absolute atomic E-state index is 12.8. The summed E-state index contributed by atoms with van der Waals surface area (Å²) < 4.78 is 48.6. The number of nitrogens with zero attached hydrogens (tertiary/aromatic N) is 1. The van der Waals surface area contributed by atoms with Gasteiger partial charge in [0.25, 0.3) is 0 Å². The van der Waals surface area contributed by atoms with E-state index in [1.54, 1.807) is 18.2 Å². The standard InChI is InChI=1S/C21H25F3N2O3/c1-26(2)17(14-5-8-16(9-6-14)21(22,23)24)12-25-13-18(27)15-7-10-19(28-3)20(11-15)29-4/h5-11,17,25H,12-13H2,1-4H3. The summed E-state index contributed by atoms with van der Waals surface area (Å²) in [5.41, 5.74) is 0.524. The Hall–Kier alpha value is -2.58. The van der Waals surface area contributed by atoms with E-state index in [0.29, 0.717) is 23.6 Å². The van der Waals surface area contributed by atoms with E-state index in [1.165, 1.54) is 26.4 Å². The highest BCUT2D eigenvalue weighted by molar-refractivity contribution is 5.98. The fourth-order valence-electron chi connectivity index (χ4n) is 2.93. The van der Waals surface area contributed by atoms with E-state index in [-0.39, 0.29) is 18.4 Å². The predicted molar refractivity (Wildman–Crippen MR) is 105 cm³/mol. The van der Waals surface area contributed by atoms with Gasteiger partial charge < -0.3 is 19.7 Å². The summed E-state index contributed by atoms with van der Waals surface area (Å²) in [5.74, 6) is 0.872. The first kappa shape index (κ1) is 22.7. The number of halogens is 3. The molecule has 0 aliphatic rings. The topological polar surface area (TPSA) is 50.8 Å². The lowest BCUT2D eigenvalue weighted by Crippen LogP contribution is -2.33. The number of likely N-dealkylation sites (N-methyl/N-ethyl adjacent to an activating group) is 1. The molecular weight excluding hydrogens is 385 g/mol. The maximum atomic E-state index is 12.8. The Kier molecular flexibility index (Phi) is 7.64. The third-order valence-electron chi connectivity index (χ3n) is 4.57. The lowest BCUT2D eigenvalue weighted by Gasteiger charge is -2.25. The number of hydrogen-bond acceptors (Lipinski definition) is 5. The summed E-state index contributed by atoms with van der Waals surface area (Å²) in [5, 5.41) is 3.09.